The number of hydrogen-bond donors (Lipinski definition) is 2. The molecule has 2 amide bonds. The van der Waals surface area contributed by atoms with Crippen LogP contribution < -0.4 is 10.5 Å². The van der Waals surface area contributed by atoms with Crippen LogP contribution in [0.4, 0.5) is 4.79 Å². The number of carbonyl (C=O) groups excluding carboxylic acids is 1. The molecule has 3 aromatic rings. The van der Waals surface area contributed by atoms with Crippen LogP contribution in [0.3, 0.4) is 0 Å². The van der Waals surface area contributed by atoms with E-state index in [2.05, 4.69) is 9.97 Å². The summed E-state index contributed by atoms with van der Waals surface area (Å²) in [5.41, 5.74) is 8.32. The van der Waals surface area contributed by atoms with Crippen LogP contribution in [0.1, 0.15) is 39.2 Å². The summed E-state index contributed by atoms with van der Waals surface area (Å²) in [5, 5.41) is 10.8. The Kier molecular flexibility index (Phi) is 7.47. The Bertz CT molecular complexity index is 1170. The molecule has 9 heteroatoms. The summed E-state index contributed by atoms with van der Waals surface area (Å²) in [6.45, 7) is 7.58. The lowest BCUT2D eigenvalue weighted by Crippen LogP contribution is -2.40. The summed E-state index contributed by atoms with van der Waals surface area (Å²) < 4.78 is 12.1. The van der Waals surface area contributed by atoms with Crippen LogP contribution in [0, 0.1) is 5.92 Å². The SMILES string of the molecule is CCC(O)(CC)c1ccc(-c2cc3nccnc3c(OCC3OCCN(C(N)=O)CC3C)n2)cc1. The molecule has 0 radical (unpaired) electrons. The number of ether oxygens (including phenoxy) is 2. The molecule has 0 bridgehead atoms. The van der Waals surface area contributed by atoms with Gasteiger partial charge in [-0.2, -0.15) is 0 Å². The Morgan fingerprint density at radius 3 is 2.63 bits per heavy atom. The number of primary amides is 1. The van der Waals surface area contributed by atoms with Crippen LogP contribution in [0.25, 0.3) is 22.3 Å². The number of rotatable bonds is 7. The second-order valence-electron chi connectivity index (χ2n) is 9.03. The highest BCUT2D eigenvalue weighted by Crippen LogP contribution is 2.32. The summed E-state index contributed by atoms with van der Waals surface area (Å²) in [6.07, 6.45) is 4.30. The van der Waals surface area contributed by atoms with E-state index in [-0.39, 0.29) is 18.6 Å². The zero-order chi connectivity index (χ0) is 25.0. The molecule has 3 heterocycles. The van der Waals surface area contributed by atoms with Crippen LogP contribution in [0.15, 0.2) is 42.7 Å². The van der Waals surface area contributed by atoms with Gasteiger partial charge in [0.2, 0.25) is 5.88 Å². The van der Waals surface area contributed by atoms with E-state index in [1.807, 2.05) is 51.1 Å². The average Bonchev–Trinajstić information content (AvgIpc) is 3.08. The van der Waals surface area contributed by atoms with Gasteiger partial charge in [-0.05, 0) is 24.5 Å². The average molecular weight is 480 g/mol. The van der Waals surface area contributed by atoms with Crippen molar-refractivity contribution >= 4 is 17.1 Å². The van der Waals surface area contributed by atoms with Crippen molar-refractivity contribution in [2.24, 2.45) is 11.7 Å². The van der Waals surface area contributed by atoms with Crippen molar-refractivity contribution in [3.63, 3.8) is 0 Å². The topological polar surface area (TPSA) is 124 Å². The second-order valence-corrected chi connectivity index (χ2v) is 9.03. The first kappa shape index (κ1) is 24.8. The molecule has 1 saturated heterocycles. The van der Waals surface area contributed by atoms with Gasteiger partial charge >= 0.3 is 6.03 Å². The third kappa shape index (κ3) is 5.36. The van der Waals surface area contributed by atoms with Gasteiger partial charge in [0.15, 0.2) is 5.52 Å². The minimum absolute atomic E-state index is 0.0361. The normalized spacial score (nSPS) is 18.9. The first-order chi connectivity index (χ1) is 16.8. The lowest BCUT2D eigenvalue weighted by Gasteiger charge is -2.26. The number of aromatic nitrogens is 3. The summed E-state index contributed by atoms with van der Waals surface area (Å²) >= 11 is 0. The quantitative estimate of drug-likeness (QED) is 0.531. The fourth-order valence-electron chi connectivity index (χ4n) is 4.41. The lowest BCUT2D eigenvalue weighted by molar-refractivity contribution is 0.00374. The summed E-state index contributed by atoms with van der Waals surface area (Å²) in [6, 6.07) is 9.23. The van der Waals surface area contributed by atoms with E-state index in [4.69, 9.17) is 20.2 Å². The predicted molar refractivity (Wildman–Crippen MR) is 133 cm³/mol. The largest absolute Gasteiger partial charge is 0.473 e. The van der Waals surface area contributed by atoms with E-state index in [0.29, 0.717) is 55.1 Å². The molecule has 3 N–H and O–H groups in total. The Labute approximate surface area is 205 Å². The molecular formula is C26H33N5O4. The van der Waals surface area contributed by atoms with Gasteiger partial charge in [-0.3, -0.25) is 4.98 Å². The van der Waals surface area contributed by atoms with Crippen LogP contribution in [0.2, 0.25) is 0 Å². The number of aliphatic hydroxyl groups is 1. The minimum Gasteiger partial charge on any atom is -0.473 e. The third-order valence-electron chi connectivity index (χ3n) is 6.84. The van der Waals surface area contributed by atoms with Crippen LogP contribution >= 0.6 is 0 Å². The van der Waals surface area contributed by atoms with Crippen LogP contribution in [0.5, 0.6) is 5.88 Å². The molecular weight excluding hydrogens is 446 g/mol. The lowest BCUT2D eigenvalue weighted by atomic mass is 9.88. The monoisotopic (exact) mass is 479 g/mol. The first-order valence-corrected chi connectivity index (χ1v) is 12.1. The third-order valence-corrected chi connectivity index (χ3v) is 6.84. The zero-order valence-corrected chi connectivity index (χ0v) is 20.5. The van der Waals surface area contributed by atoms with Gasteiger partial charge in [0.25, 0.3) is 0 Å². The summed E-state index contributed by atoms with van der Waals surface area (Å²) in [7, 11) is 0. The molecule has 2 aromatic heterocycles. The maximum atomic E-state index is 11.6. The van der Waals surface area contributed by atoms with Gasteiger partial charge in [-0.25, -0.2) is 14.8 Å². The van der Waals surface area contributed by atoms with Crippen LogP contribution in [-0.4, -0.2) is 63.4 Å². The molecule has 0 saturated carbocycles. The van der Waals surface area contributed by atoms with Gasteiger partial charge in [0.05, 0.1) is 29.5 Å². The van der Waals surface area contributed by atoms with Crippen molar-refractivity contribution in [1.82, 2.24) is 19.9 Å². The minimum atomic E-state index is -0.839. The van der Waals surface area contributed by atoms with E-state index in [9.17, 15) is 9.90 Å². The highest BCUT2D eigenvalue weighted by molar-refractivity contribution is 5.83. The van der Waals surface area contributed by atoms with E-state index < -0.39 is 11.6 Å². The predicted octanol–water partition coefficient (Wildman–Crippen LogP) is 3.49. The van der Waals surface area contributed by atoms with Crippen molar-refractivity contribution in [1.29, 1.82) is 0 Å². The Morgan fingerprint density at radius 2 is 1.94 bits per heavy atom. The molecule has 186 valence electrons. The van der Waals surface area contributed by atoms with Crippen molar-refractivity contribution in [3.05, 3.63) is 48.3 Å². The van der Waals surface area contributed by atoms with Gasteiger partial charge in [0.1, 0.15) is 6.61 Å². The van der Waals surface area contributed by atoms with E-state index in [0.717, 1.165) is 11.1 Å². The number of urea groups is 1. The molecule has 9 nitrogen and oxygen atoms in total. The number of nitrogens with two attached hydrogens (primary N) is 1. The summed E-state index contributed by atoms with van der Waals surface area (Å²) in [5.74, 6) is 0.411. The van der Waals surface area contributed by atoms with Gasteiger partial charge in [-0.1, -0.05) is 45.0 Å². The van der Waals surface area contributed by atoms with Gasteiger partial charge in [0, 0.05) is 37.0 Å². The number of nitrogens with zero attached hydrogens (tertiary/aromatic N) is 4. The standard InChI is InChI=1S/C26H33N5O4/c1-4-26(33,5-2)19-8-6-18(7-9-19)20-14-21-23(29-11-10-28-21)24(30-20)35-16-22-17(3)15-31(25(27)32)12-13-34-22/h6-11,14,17,22,33H,4-5,12-13,15-16H2,1-3H3,(H2,27,32). The fourth-order valence-corrected chi connectivity index (χ4v) is 4.41. The number of amides is 2. The molecule has 0 spiro atoms. The highest BCUT2D eigenvalue weighted by Gasteiger charge is 2.28. The van der Waals surface area contributed by atoms with Gasteiger partial charge in [-0.15, -0.1) is 0 Å². The molecule has 35 heavy (non-hydrogen) atoms. The molecule has 2 unspecified atom stereocenters. The maximum absolute atomic E-state index is 11.6. The molecule has 1 aromatic carbocycles. The number of hydrogen-bond acceptors (Lipinski definition) is 7. The van der Waals surface area contributed by atoms with Crippen molar-refractivity contribution < 1.29 is 19.4 Å². The van der Waals surface area contributed by atoms with Crippen molar-refractivity contribution in [3.8, 4) is 17.1 Å². The molecule has 2 atom stereocenters. The fraction of sp³-hybridized carbons (Fsp3) is 0.462. The molecule has 1 aliphatic rings. The molecule has 1 aliphatic heterocycles. The van der Waals surface area contributed by atoms with Crippen LogP contribution in [-0.2, 0) is 10.3 Å². The molecule has 1 fully saturated rings. The Morgan fingerprint density at radius 1 is 1.23 bits per heavy atom. The number of fused-ring (bicyclic) bond motifs is 1. The Hall–Kier alpha value is -3.30. The summed E-state index contributed by atoms with van der Waals surface area (Å²) in [4.78, 5) is 26.8. The van der Waals surface area contributed by atoms with E-state index in [1.54, 1.807) is 17.3 Å². The van der Waals surface area contributed by atoms with Crippen molar-refractivity contribution in [2.75, 3.05) is 26.3 Å². The van der Waals surface area contributed by atoms with E-state index in [1.165, 1.54) is 0 Å². The number of carbonyl (C=O) groups is 1. The first-order valence-electron chi connectivity index (χ1n) is 12.1. The smallest absolute Gasteiger partial charge is 0.314 e. The highest BCUT2D eigenvalue weighted by atomic mass is 16.5. The molecule has 4 rings (SSSR count). The number of benzene rings is 1. The second kappa shape index (κ2) is 10.5. The number of pyridine rings is 1. The zero-order valence-electron chi connectivity index (χ0n) is 20.5. The van der Waals surface area contributed by atoms with E-state index >= 15 is 0 Å². The Balaban J connectivity index is 1.59. The maximum Gasteiger partial charge on any atom is 0.314 e. The van der Waals surface area contributed by atoms with Gasteiger partial charge < -0.3 is 25.2 Å². The molecule has 0 aliphatic carbocycles. The van der Waals surface area contributed by atoms with Crippen molar-refractivity contribution in [2.45, 2.75) is 45.3 Å².